The summed E-state index contributed by atoms with van der Waals surface area (Å²) < 4.78 is 51.8. The highest BCUT2D eigenvalue weighted by molar-refractivity contribution is 7.89. The summed E-state index contributed by atoms with van der Waals surface area (Å²) in [5.41, 5.74) is 0. The molecule has 0 spiro atoms. The minimum Gasteiger partial charge on any atom is -0.315 e. The molecule has 0 aromatic heterocycles. The Hall–Kier alpha value is -0.760. The zero-order valence-electron chi connectivity index (χ0n) is 10.4. The Morgan fingerprint density at radius 1 is 1.16 bits per heavy atom. The minimum absolute atomic E-state index is 0. The molecule has 0 saturated heterocycles. The second kappa shape index (κ2) is 8.42. The topological polar surface area (TPSA) is 58.2 Å². The van der Waals surface area contributed by atoms with Crippen LogP contribution < -0.4 is 10.0 Å². The van der Waals surface area contributed by atoms with Crippen LogP contribution in [-0.4, -0.2) is 28.1 Å². The number of nitrogens with one attached hydrogen (secondary N) is 2. The SMILES string of the molecule is CCCNCCNS(=O)(=O)c1cc(F)ccc1F.Cl. The van der Waals surface area contributed by atoms with Gasteiger partial charge in [-0.3, -0.25) is 0 Å². The maximum atomic E-state index is 13.3. The molecule has 4 nitrogen and oxygen atoms in total. The molecule has 0 fully saturated rings. The first-order valence-electron chi connectivity index (χ1n) is 5.63. The number of sulfonamides is 1. The molecule has 1 rings (SSSR count). The molecule has 0 unspecified atom stereocenters. The summed E-state index contributed by atoms with van der Waals surface area (Å²) in [6.07, 6.45) is 0.936. The van der Waals surface area contributed by atoms with Crippen LogP contribution in [0.4, 0.5) is 8.78 Å². The van der Waals surface area contributed by atoms with Gasteiger partial charge in [0.1, 0.15) is 16.5 Å². The minimum atomic E-state index is -4.01. The van der Waals surface area contributed by atoms with Crippen molar-refractivity contribution in [3.8, 4) is 0 Å². The van der Waals surface area contributed by atoms with Gasteiger partial charge in [0.2, 0.25) is 10.0 Å². The summed E-state index contributed by atoms with van der Waals surface area (Å²) in [6.45, 7) is 3.32. The molecule has 2 N–H and O–H groups in total. The summed E-state index contributed by atoms with van der Waals surface area (Å²) in [5.74, 6) is -1.76. The zero-order valence-corrected chi connectivity index (χ0v) is 12.1. The lowest BCUT2D eigenvalue weighted by molar-refractivity contribution is 0.543. The van der Waals surface area contributed by atoms with E-state index < -0.39 is 26.6 Å². The number of hydrogen-bond donors (Lipinski definition) is 2. The fourth-order valence-corrected chi connectivity index (χ4v) is 2.46. The summed E-state index contributed by atoms with van der Waals surface area (Å²) >= 11 is 0. The Morgan fingerprint density at radius 3 is 2.47 bits per heavy atom. The smallest absolute Gasteiger partial charge is 0.243 e. The molecule has 19 heavy (non-hydrogen) atoms. The van der Waals surface area contributed by atoms with Gasteiger partial charge in [0.25, 0.3) is 0 Å². The van der Waals surface area contributed by atoms with E-state index in [-0.39, 0.29) is 19.0 Å². The molecule has 110 valence electrons. The van der Waals surface area contributed by atoms with E-state index >= 15 is 0 Å². The highest BCUT2D eigenvalue weighted by Gasteiger charge is 2.19. The van der Waals surface area contributed by atoms with Crippen LogP contribution in [0, 0.1) is 11.6 Å². The van der Waals surface area contributed by atoms with Crippen LogP contribution in [-0.2, 0) is 10.0 Å². The monoisotopic (exact) mass is 314 g/mol. The summed E-state index contributed by atoms with van der Waals surface area (Å²) in [6, 6.07) is 2.33. The van der Waals surface area contributed by atoms with Gasteiger partial charge in [-0.05, 0) is 31.2 Å². The molecule has 0 atom stereocenters. The second-order valence-corrected chi connectivity index (χ2v) is 5.46. The van der Waals surface area contributed by atoms with Gasteiger partial charge in [-0.1, -0.05) is 6.92 Å². The van der Waals surface area contributed by atoms with Crippen molar-refractivity contribution < 1.29 is 17.2 Å². The molecule has 0 amide bonds. The summed E-state index contributed by atoms with van der Waals surface area (Å²) in [4.78, 5) is -0.669. The Labute approximate surface area is 118 Å². The average molecular weight is 315 g/mol. The highest BCUT2D eigenvalue weighted by Crippen LogP contribution is 2.15. The molecule has 0 aliphatic heterocycles. The van der Waals surface area contributed by atoms with Gasteiger partial charge >= 0.3 is 0 Å². The average Bonchev–Trinajstić information content (AvgIpc) is 2.32. The highest BCUT2D eigenvalue weighted by atomic mass is 35.5. The summed E-state index contributed by atoms with van der Waals surface area (Å²) in [5, 5.41) is 2.99. The van der Waals surface area contributed by atoms with E-state index in [1.54, 1.807) is 0 Å². The van der Waals surface area contributed by atoms with E-state index in [0.29, 0.717) is 12.6 Å². The first-order chi connectivity index (χ1) is 8.47. The molecule has 8 heteroatoms. The van der Waals surface area contributed by atoms with Gasteiger partial charge in [-0.15, -0.1) is 12.4 Å². The first kappa shape index (κ1) is 18.2. The lowest BCUT2D eigenvalue weighted by Crippen LogP contribution is -2.32. The van der Waals surface area contributed by atoms with Crippen molar-refractivity contribution in [1.29, 1.82) is 0 Å². The van der Waals surface area contributed by atoms with Crippen molar-refractivity contribution in [3.63, 3.8) is 0 Å². The van der Waals surface area contributed by atoms with Crippen LogP contribution in [0.1, 0.15) is 13.3 Å². The van der Waals surface area contributed by atoms with E-state index in [2.05, 4.69) is 10.0 Å². The molecule has 1 aromatic rings. The van der Waals surface area contributed by atoms with Crippen LogP contribution in [0.2, 0.25) is 0 Å². The third-order valence-corrected chi connectivity index (χ3v) is 3.68. The van der Waals surface area contributed by atoms with Crippen LogP contribution in [0.15, 0.2) is 23.1 Å². The quantitative estimate of drug-likeness (QED) is 0.753. The lowest BCUT2D eigenvalue weighted by Gasteiger charge is -2.08. The Morgan fingerprint density at radius 2 is 1.84 bits per heavy atom. The van der Waals surface area contributed by atoms with Gasteiger partial charge in [0.05, 0.1) is 0 Å². The van der Waals surface area contributed by atoms with Crippen LogP contribution in [0.25, 0.3) is 0 Å². The molecule has 0 bridgehead atoms. The predicted molar refractivity (Wildman–Crippen MR) is 72.0 cm³/mol. The molecular weight excluding hydrogens is 298 g/mol. The molecule has 0 aliphatic carbocycles. The van der Waals surface area contributed by atoms with Crippen molar-refractivity contribution >= 4 is 22.4 Å². The van der Waals surface area contributed by atoms with Gasteiger partial charge in [0.15, 0.2) is 0 Å². The standard InChI is InChI=1S/C11H16F2N2O2S.ClH/c1-2-5-14-6-7-15-18(16,17)11-8-9(12)3-4-10(11)13;/h3-4,8,14-15H,2,5-7H2,1H3;1H. The Kier molecular flexibility index (Phi) is 8.08. The Bertz CT molecular complexity index is 497. The largest absolute Gasteiger partial charge is 0.315 e. The second-order valence-electron chi connectivity index (χ2n) is 3.72. The third-order valence-electron chi connectivity index (χ3n) is 2.20. The van der Waals surface area contributed by atoms with Gasteiger partial charge in [-0.25, -0.2) is 21.9 Å². The normalized spacial score (nSPS) is 11.1. The molecular formula is C11H17ClF2N2O2S. The van der Waals surface area contributed by atoms with Crippen LogP contribution in [0.5, 0.6) is 0 Å². The number of hydrogen-bond acceptors (Lipinski definition) is 3. The van der Waals surface area contributed by atoms with E-state index in [1.807, 2.05) is 6.92 Å². The fourth-order valence-electron chi connectivity index (χ4n) is 1.34. The van der Waals surface area contributed by atoms with Crippen molar-refractivity contribution in [3.05, 3.63) is 29.8 Å². The molecule has 0 aliphatic rings. The third kappa shape index (κ3) is 5.82. The summed E-state index contributed by atoms with van der Waals surface area (Å²) in [7, 11) is -4.01. The predicted octanol–water partition coefficient (Wildman–Crippen LogP) is 1.66. The number of rotatable bonds is 7. The maximum Gasteiger partial charge on any atom is 0.243 e. The molecule has 0 radical (unpaired) electrons. The lowest BCUT2D eigenvalue weighted by atomic mass is 10.3. The number of halogens is 3. The zero-order chi connectivity index (χ0) is 13.6. The molecule has 0 saturated carbocycles. The molecule has 0 heterocycles. The van der Waals surface area contributed by atoms with E-state index in [0.717, 1.165) is 25.1 Å². The van der Waals surface area contributed by atoms with Crippen molar-refractivity contribution in [1.82, 2.24) is 10.0 Å². The maximum absolute atomic E-state index is 13.3. The van der Waals surface area contributed by atoms with Gasteiger partial charge < -0.3 is 5.32 Å². The Balaban J connectivity index is 0.00000324. The molecule has 1 aromatic carbocycles. The van der Waals surface area contributed by atoms with E-state index in [9.17, 15) is 17.2 Å². The van der Waals surface area contributed by atoms with Gasteiger partial charge in [0, 0.05) is 13.1 Å². The van der Waals surface area contributed by atoms with Crippen LogP contribution in [0.3, 0.4) is 0 Å². The van der Waals surface area contributed by atoms with E-state index in [4.69, 9.17) is 0 Å². The van der Waals surface area contributed by atoms with E-state index in [1.165, 1.54) is 0 Å². The van der Waals surface area contributed by atoms with Gasteiger partial charge in [-0.2, -0.15) is 0 Å². The van der Waals surface area contributed by atoms with Crippen LogP contribution >= 0.6 is 12.4 Å². The number of benzene rings is 1. The fraction of sp³-hybridized carbons (Fsp3) is 0.455. The van der Waals surface area contributed by atoms with Crippen molar-refractivity contribution in [2.24, 2.45) is 0 Å². The first-order valence-corrected chi connectivity index (χ1v) is 7.11. The van der Waals surface area contributed by atoms with Crippen molar-refractivity contribution in [2.45, 2.75) is 18.2 Å². The van der Waals surface area contributed by atoms with Crippen molar-refractivity contribution in [2.75, 3.05) is 19.6 Å².